The van der Waals surface area contributed by atoms with Gasteiger partial charge >= 0.3 is 10.1 Å². The molecule has 0 amide bonds. The van der Waals surface area contributed by atoms with Crippen molar-refractivity contribution in [1.29, 1.82) is 0 Å². The Morgan fingerprint density at radius 1 is 0.962 bits per heavy atom. The van der Waals surface area contributed by atoms with E-state index < -0.39 is 15.5 Å². The summed E-state index contributed by atoms with van der Waals surface area (Å²) in [4.78, 5) is 12.8. The van der Waals surface area contributed by atoms with Gasteiger partial charge in [-0.3, -0.25) is 4.79 Å². The molecule has 1 fully saturated rings. The molecule has 1 N–H and O–H groups in total. The van der Waals surface area contributed by atoms with E-state index in [-0.39, 0.29) is 16.7 Å². The van der Waals surface area contributed by atoms with E-state index >= 15 is 0 Å². The molecule has 138 valence electrons. The first-order valence-corrected chi connectivity index (χ1v) is 10.3. The van der Waals surface area contributed by atoms with Crippen molar-refractivity contribution in [3.63, 3.8) is 0 Å². The van der Waals surface area contributed by atoms with Crippen LogP contribution in [-0.4, -0.2) is 14.5 Å². The molecule has 0 aliphatic heterocycles. The Kier molecular flexibility index (Phi) is 5.61. The van der Waals surface area contributed by atoms with E-state index in [0.29, 0.717) is 5.69 Å². The lowest BCUT2D eigenvalue weighted by molar-refractivity contribution is 0.462. The van der Waals surface area contributed by atoms with Crippen LogP contribution in [0.4, 0.5) is 5.69 Å². The number of hydrogen-bond acceptors (Lipinski definition) is 5. The van der Waals surface area contributed by atoms with Crippen LogP contribution in [0, 0.1) is 6.92 Å². The Hall–Kier alpha value is -2.34. The van der Waals surface area contributed by atoms with Gasteiger partial charge in [-0.05, 0) is 44.0 Å². The smallest absolute Gasteiger partial charge is 0.339 e. The van der Waals surface area contributed by atoms with Crippen LogP contribution in [0.1, 0.15) is 37.7 Å². The minimum absolute atomic E-state index is 0.0239. The summed E-state index contributed by atoms with van der Waals surface area (Å²) in [6, 6.07) is 12.9. The second-order valence-corrected chi connectivity index (χ2v) is 8.20. The fourth-order valence-corrected chi connectivity index (χ4v) is 4.03. The van der Waals surface area contributed by atoms with Gasteiger partial charge in [-0.15, -0.1) is 0 Å². The van der Waals surface area contributed by atoms with Crippen LogP contribution in [0.2, 0.25) is 0 Å². The number of hydrogen-bond donors (Lipinski definition) is 1. The average molecular weight is 373 g/mol. The third-order valence-corrected chi connectivity index (χ3v) is 5.81. The van der Waals surface area contributed by atoms with Crippen molar-refractivity contribution >= 4 is 15.8 Å². The molecule has 2 aromatic rings. The van der Waals surface area contributed by atoms with Gasteiger partial charge in [0.2, 0.25) is 5.43 Å². The molecule has 0 heterocycles. The topological polar surface area (TPSA) is 72.5 Å². The van der Waals surface area contributed by atoms with Crippen molar-refractivity contribution < 1.29 is 12.6 Å². The highest BCUT2D eigenvalue weighted by Crippen LogP contribution is 2.22. The third kappa shape index (κ3) is 4.43. The Morgan fingerprint density at radius 3 is 2.31 bits per heavy atom. The minimum Gasteiger partial charge on any atom is -0.379 e. The van der Waals surface area contributed by atoms with Crippen molar-refractivity contribution in [2.45, 2.75) is 50.0 Å². The van der Waals surface area contributed by atoms with E-state index in [9.17, 15) is 13.2 Å². The van der Waals surface area contributed by atoms with Gasteiger partial charge in [-0.25, -0.2) is 0 Å². The van der Waals surface area contributed by atoms with Gasteiger partial charge in [-0.2, -0.15) is 8.42 Å². The largest absolute Gasteiger partial charge is 0.379 e. The molecule has 26 heavy (non-hydrogen) atoms. The van der Waals surface area contributed by atoms with E-state index in [1.807, 2.05) is 6.92 Å². The van der Waals surface area contributed by atoms with Crippen molar-refractivity contribution in [2.24, 2.45) is 0 Å². The molecule has 0 atom stereocenters. The molecule has 0 bridgehead atoms. The van der Waals surface area contributed by atoms with E-state index in [4.69, 9.17) is 4.18 Å². The SMILES string of the molecule is Cc1ccc(S(=O)(=O)Oc2ccccc(NC3CCCCC3)c2=O)cc1. The van der Waals surface area contributed by atoms with Crippen LogP contribution >= 0.6 is 0 Å². The zero-order valence-electron chi connectivity index (χ0n) is 14.8. The lowest BCUT2D eigenvalue weighted by Gasteiger charge is -2.23. The lowest BCUT2D eigenvalue weighted by atomic mass is 9.95. The third-order valence-electron chi connectivity index (χ3n) is 4.56. The molecular formula is C20H23NO4S. The maximum Gasteiger partial charge on any atom is 0.339 e. The van der Waals surface area contributed by atoms with Crippen LogP contribution in [0.5, 0.6) is 5.75 Å². The van der Waals surface area contributed by atoms with Crippen LogP contribution in [-0.2, 0) is 10.1 Å². The maximum absolute atomic E-state index is 12.8. The summed E-state index contributed by atoms with van der Waals surface area (Å²) in [5, 5.41) is 3.26. The predicted octanol–water partition coefficient (Wildman–Crippen LogP) is 3.87. The minimum atomic E-state index is -4.06. The lowest BCUT2D eigenvalue weighted by Crippen LogP contribution is -2.25. The number of benzene rings is 1. The Labute approximate surface area is 154 Å². The zero-order chi connectivity index (χ0) is 18.6. The molecule has 1 saturated carbocycles. The molecule has 3 rings (SSSR count). The molecule has 0 unspecified atom stereocenters. The molecule has 0 spiro atoms. The number of anilines is 1. The van der Waals surface area contributed by atoms with Gasteiger partial charge in [0, 0.05) is 6.04 Å². The van der Waals surface area contributed by atoms with E-state index in [0.717, 1.165) is 31.2 Å². The summed E-state index contributed by atoms with van der Waals surface area (Å²) in [6.45, 7) is 1.87. The quantitative estimate of drug-likeness (QED) is 0.806. The highest BCUT2D eigenvalue weighted by Gasteiger charge is 2.20. The highest BCUT2D eigenvalue weighted by molar-refractivity contribution is 7.87. The Bertz CT molecular complexity index is 917. The van der Waals surface area contributed by atoms with Crippen LogP contribution in [0.25, 0.3) is 0 Å². The van der Waals surface area contributed by atoms with Crippen molar-refractivity contribution in [2.75, 3.05) is 5.32 Å². The number of rotatable bonds is 5. The van der Waals surface area contributed by atoms with Gasteiger partial charge in [-0.1, -0.05) is 49.1 Å². The first kappa shape index (κ1) is 18.5. The summed E-state index contributed by atoms with van der Waals surface area (Å²) in [5.41, 5.74) is 0.866. The second kappa shape index (κ2) is 7.91. The first-order chi connectivity index (χ1) is 12.5. The number of aryl methyl sites for hydroxylation is 1. The van der Waals surface area contributed by atoms with Gasteiger partial charge in [0.15, 0.2) is 5.75 Å². The molecular weight excluding hydrogens is 350 g/mol. The fourth-order valence-electron chi connectivity index (χ4n) is 3.10. The Balaban J connectivity index is 1.88. The summed E-state index contributed by atoms with van der Waals surface area (Å²) in [7, 11) is -4.06. The molecule has 5 nitrogen and oxygen atoms in total. The van der Waals surface area contributed by atoms with Gasteiger partial charge < -0.3 is 9.50 Å². The fraction of sp³-hybridized carbons (Fsp3) is 0.350. The first-order valence-electron chi connectivity index (χ1n) is 8.87. The summed E-state index contributed by atoms with van der Waals surface area (Å²) in [5.74, 6) is -0.200. The van der Waals surface area contributed by atoms with Crippen molar-refractivity contribution in [1.82, 2.24) is 0 Å². The van der Waals surface area contributed by atoms with Crippen molar-refractivity contribution in [3.8, 4) is 5.75 Å². The normalized spacial score (nSPS) is 15.4. The van der Waals surface area contributed by atoms with Crippen LogP contribution in [0.15, 0.2) is 58.2 Å². The number of nitrogens with one attached hydrogen (secondary N) is 1. The maximum atomic E-state index is 12.8. The monoisotopic (exact) mass is 373 g/mol. The molecule has 0 radical (unpaired) electrons. The molecule has 0 saturated heterocycles. The van der Waals surface area contributed by atoms with Gasteiger partial charge in [0.05, 0.1) is 5.69 Å². The molecule has 2 aromatic carbocycles. The second-order valence-electron chi connectivity index (χ2n) is 6.66. The van der Waals surface area contributed by atoms with E-state index in [2.05, 4.69) is 5.32 Å². The molecule has 1 aliphatic rings. The van der Waals surface area contributed by atoms with Crippen LogP contribution < -0.4 is 14.9 Å². The summed E-state index contributed by atoms with van der Waals surface area (Å²) >= 11 is 0. The van der Waals surface area contributed by atoms with Gasteiger partial charge in [0.25, 0.3) is 0 Å². The molecule has 0 aromatic heterocycles. The molecule has 6 heteroatoms. The zero-order valence-corrected chi connectivity index (χ0v) is 15.6. The predicted molar refractivity (Wildman–Crippen MR) is 102 cm³/mol. The Morgan fingerprint density at radius 2 is 1.62 bits per heavy atom. The van der Waals surface area contributed by atoms with Crippen LogP contribution in [0.3, 0.4) is 0 Å². The molecule has 1 aliphatic carbocycles. The van der Waals surface area contributed by atoms with Crippen molar-refractivity contribution in [3.05, 3.63) is 64.3 Å². The van der Waals surface area contributed by atoms with E-state index in [1.165, 1.54) is 24.6 Å². The average Bonchev–Trinajstić information content (AvgIpc) is 2.79. The van der Waals surface area contributed by atoms with E-state index in [1.54, 1.807) is 30.3 Å². The summed E-state index contributed by atoms with van der Waals surface area (Å²) in [6.07, 6.45) is 5.51. The highest BCUT2D eigenvalue weighted by atomic mass is 32.2. The standard InChI is InChI=1S/C20H23NO4S/c1-15-11-13-17(14-12-15)26(23,24)25-19-10-6-5-9-18(20(19)22)21-16-7-3-2-4-8-16/h5-6,9-14,16H,2-4,7-8H2,1H3,(H,21,22). The summed E-state index contributed by atoms with van der Waals surface area (Å²) < 4.78 is 30.1. The van der Waals surface area contributed by atoms with Gasteiger partial charge in [0.1, 0.15) is 4.90 Å².